The quantitative estimate of drug-likeness (QED) is 0.819. The summed E-state index contributed by atoms with van der Waals surface area (Å²) in [5.41, 5.74) is 0.0934. The zero-order chi connectivity index (χ0) is 12.5. The van der Waals surface area contributed by atoms with Crippen LogP contribution in [0.4, 0.5) is 11.8 Å². The topological polar surface area (TPSA) is 44.3 Å². The third-order valence-electron chi connectivity index (χ3n) is 3.11. The Morgan fingerprint density at radius 2 is 2.18 bits per heavy atom. The number of hydrogen-bond donors (Lipinski definition) is 1. The zero-order valence-corrected chi connectivity index (χ0v) is 11.1. The van der Waals surface area contributed by atoms with E-state index in [0.717, 1.165) is 31.4 Å². The van der Waals surface area contributed by atoms with Crippen molar-refractivity contribution in [3.05, 3.63) is 12.3 Å². The molecule has 0 aromatic carbocycles. The first-order valence-corrected chi connectivity index (χ1v) is 5.99. The fourth-order valence-electron chi connectivity index (χ4n) is 2.11. The predicted octanol–water partition coefficient (Wildman–Crippen LogP) is 0.731. The smallest absolute Gasteiger partial charge is 0.226 e. The van der Waals surface area contributed by atoms with E-state index in [1.54, 1.807) is 0 Å². The predicted molar refractivity (Wildman–Crippen MR) is 70.7 cm³/mol. The van der Waals surface area contributed by atoms with Gasteiger partial charge in [0.2, 0.25) is 5.95 Å². The summed E-state index contributed by atoms with van der Waals surface area (Å²) in [4.78, 5) is 13.1. The molecule has 5 heteroatoms. The Hall–Kier alpha value is -1.36. The van der Waals surface area contributed by atoms with Gasteiger partial charge in [-0.1, -0.05) is 0 Å². The zero-order valence-electron chi connectivity index (χ0n) is 11.1. The Bertz CT molecular complexity index is 388. The molecule has 0 radical (unpaired) electrons. The molecule has 1 aliphatic rings. The molecule has 1 aromatic rings. The lowest BCUT2D eigenvalue weighted by Crippen LogP contribution is -2.58. The highest BCUT2D eigenvalue weighted by molar-refractivity contribution is 5.46. The molecule has 1 aromatic heterocycles. The summed E-state index contributed by atoms with van der Waals surface area (Å²) in [6.45, 7) is 7.43. The van der Waals surface area contributed by atoms with Crippen molar-refractivity contribution in [3.8, 4) is 0 Å². The highest BCUT2D eigenvalue weighted by Crippen LogP contribution is 2.24. The van der Waals surface area contributed by atoms with Crippen LogP contribution in [0.3, 0.4) is 0 Å². The second-order valence-electron chi connectivity index (χ2n) is 5.25. The van der Waals surface area contributed by atoms with Gasteiger partial charge in [-0.3, -0.25) is 0 Å². The molecule has 0 amide bonds. The third kappa shape index (κ3) is 2.49. The van der Waals surface area contributed by atoms with Crippen LogP contribution in [-0.4, -0.2) is 49.2 Å². The van der Waals surface area contributed by atoms with E-state index in [9.17, 15) is 0 Å². The fraction of sp³-hybridized carbons (Fsp3) is 0.667. The number of piperazine rings is 1. The maximum Gasteiger partial charge on any atom is 0.226 e. The van der Waals surface area contributed by atoms with Gasteiger partial charge in [0.15, 0.2) is 0 Å². The maximum absolute atomic E-state index is 4.60. The average molecular weight is 235 g/mol. The Balaban J connectivity index is 2.29. The maximum atomic E-state index is 4.60. The van der Waals surface area contributed by atoms with Crippen molar-refractivity contribution in [1.82, 2.24) is 15.3 Å². The molecule has 0 bridgehead atoms. The van der Waals surface area contributed by atoms with Crippen LogP contribution >= 0.6 is 0 Å². The molecule has 2 rings (SSSR count). The molecule has 0 aliphatic carbocycles. The first-order valence-electron chi connectivity index (χ1n) is 5.99. The van der Waals surface area contributed by atoms with Crippen LogP contribution in [0.1, 0.15) is 13.8 Å². The molecule has 0 spiro atoms. The molecule has 1 saturated heterocycles. The monoisotopic (exact) mass is 235 g/mol. The molecular formula is C12H21N5. The van der Waals surface area contributed by atoms with Crippen LogP contribution in [0.15, 0.2) is 12.3 Å². The number of rotatable bonds is 2. The van der Waals surface area contributed by atoms with E-state index in [0.29, 0.717) is 0 Å². The van der Waals surface area contributed by atoms with Gasteiger partial charge in [0.1, 0.15) is 5.82 Å². The lowest BCUT2D eigenvalue weighted by molar-refractivity contribution is 0.378. The lowest BCUT2D eigenvalue weighted by Gasteiger charge is -2.43. The van der Waals surface area contributed by atoms with E-state index < -0.39 is 0 Å². The van der Waals surface area contributed by atoms with Crippen molar-refractivity contribution in [2.45, 2.75) is 19.4 Å². The van der Waals surface area contributed by atoms with E-state index in [-0.39, 0.29) is 5.54 Å². The Morgan fingerprint density at radius 3 is 2.82 bits per heavy atom. The Kier molecular flexibility index (Phi) is 3.19. The van der Waals surface area contributed by atoms with Gasteiger partial charge in [0.25, 0.3) is 0 Å². The molecular weight excluding hydrogens is 214 g/mol. The van der Waals surface area contributed by atoms with Crippen LogP contribution in [0.2, 0.25) is 0 Å². The summed E-state index contributed by atoms with van der Waals surface area (Å²) in [6, 6.07) is 1.99. The first-order chi connectivity index (χ1) is 8.00. The molecule has 1 N–H and O–H groups in total. The molecule has 94 valence electrons. The number of nitrogens with one attached hydrogen (secondary N) is 1. The van der Waals surface area contributed by atoms with E-state index >= 15 is 0 Å². The summed E-state index contributed by atoms with van der Waals surface area (Å²) in [5.74, 6) is 1.77. The normalized spacial score (nSPS) is 19.2. The SMILES string of the molecule is CN(C)c1nccc(N2CCNCC2(C)C)n1. The summed E-state index contributed by atoms with van der Waals surface area (Å²) in [5, 5.41) is 3.42. The van der Waals surface area contributed by atoms with Crippen molar-refractivity contribution < 1.29 is 0 Å². The van der Waals surface area contributed by atoms with Crippen LogP contribution in [0, 0.1) is 0 Å². The van der Waals surface area contributed by atoms with E-state index in [1.165, 1.54) is 0 Å². The van der Waals surface area contributed by atoms with Crippen molar-refractivity contribution in [2.24, 2.45) is 0 Å². The summed E-state index contributed by atoms with van der Waals surface area (Å²) >= 11 is 0. The van der Waals surface area contributed by atoms with Gasteiger partial charge in [-0.25, -0.2) is 4.98 Å². The van der Waals surface area contributed by atoms with Gasteiger partial charge < -0.3 is 15.1 Å². The highest BCUT2D eigenvalue weighted by Gasteiger charge is 2.30. The number of aromatic nitrogens is 2. The number of nitrogens with zero attached hydrogens (tertiary/aromatic N) is 4. The average Bonchev–Trinajstić information content (AvgIpc) is 2.28. The van der Waals surface area contributed by atoms with Crippen molar-refractivity contribution in [2.75, 3.05) is 43.5 Å². The molecule has 0 saturated carbocycles. The van der Waals surface area contributed by atoms with E-state index in [4.69, 9.17) is 0 Å². The van der Waals surface area contributed by atoms with Gasteiger partial charge in [-0.15, -0.1) is 0 Å². The van der Waals surface area contributed by atoms with Gasteiger partial charge >= 0.3 is 0 Å². The second kappa shape index (κ2) is 4.49. The minimum atomic E-state index is 0.0934. The van der Waals surface area contributed by atoms with Gasteiger partial charge in [-0.05, 0) is 19.9 Å². The molecule has 1 aliphatic heterocycles. The fourth-order valence-corrected chi connectivity index (χ4v) is 2.11. The van der Waals surface area contributed by atoms with Crippen molar-refractivity contribution >= 4 is 11.8 Å². The largest absolute Gasteiger partial charge is 0.349 e. The summed E-state index contributed by atoms with van der Waals surface area (Å²) < 4.78 is 0. The van der Waals surface area contributed by atoms with Crippen LogP contribution in [0.25, 0.3) is 0 Å². The summed E-state index contributed by atoms with van der Waals surface area (Å²) in [6.07, 6.45) is 1.83. The molecule has 0 unspecified atom stereocenters. The van der Waals surface area contributed by atoms with E-state index in [2.05, 4.69) is 34.0 Å². The minimum Gasteiger partial charge on any atom is -0.349 e. The lowest BCUT2D eigenvalue weighted by atomic mass is 10.0. The molecule has 2 heterocycles. The second-order valence-corrected chi connectivity index (χ2v) is 5.25. The van der Waals surface area contributed by atoms with Crippen LogP contribution in [-0.2, 0) is 0 Å². The Labute approximate surface area is 103 Å². The standard InChI is InChI=1S/C12H21N5/c1-12(2)9-13-7-8-17(12)10-5-6-14-11(15-10)16(3)4/h5-6,13H,7-9H2,1-4H3. The number of hydrogen-bond acceptors (Lipinski definition) is 5. The third-order valence-corrected chi connectivity index (χ3v) is 3.11. The first kappa shape index (κ1) is 12.1. The van der Waals surface area contributed by atoms with Crippen LogP contribution < -0.4 is 15.1 Å². The van der Waals surface area contributed by atoms with Gasteiger partial charge in [0.05, 0.1) is 0 Å². The molecule has 5 nitrogen and oxygen atoms in total. The van der Waals surface area contributed by atoms with E-state index in [1.807, 2.05) is 31.3 Å². The van der Waals surface area contributed by atoms with Crippen LogP contribution in [0.5, 0.6) is 0 Å². The minimum absolute atomic E-state index is 0.0934. The Morgan fingerprint density at radius 1 is 1.41 bits per heavy atom. The van der Waals surface area contributed by atoms with Crippen molar-refractivity contribution in [3.63, 3.8) is 0 Å². The van der Waals surface area contributed by atoms with Gasteiger partial charge in [-0.2, -0.15) is 4.98 Å². The molecule has 1 fully saturated rings. The molecule has 0 atom stereocenters. The number of anilines is 2. The molecule has 17 heavy (non-hydrogen) atoms. The van der Waals surface area contributed by atoms with Gasteiger partial charge in [0, 0.05) is 45.5 Å². The highest BCUT2D eigenvalue weighted by atomic mass is 15.3. The van der Waals surface area contributed by atoms with Crippen molar-refractivity contribution in [1.29, 1.82) is 0 Å². The summed E-state index contributed by atoms with van der Waals surface area (Å²) in [7, 11) is 3.92.